The number of aromatic hydroxyl groups is 1. The highest BCUT2D eigenvalue weighted by Gasteiger charge is 2.49. The Labute approximate surface area is 808 Å². The van der Waals surface area contributed by atoms with Gasteiger partial charge in [0.1, 0.15) is 66.5 Å². The quantitative estimate of drug-likeness (QED) is 0.0134. The fourth-order valence-corrected chi connectivity index (χ4v) is 15.9. The number of methoxy groups -OCH3 is 4. The van der Waals surface area contributed by atoms with Crippen LogP contribution < -0.4 is 71.3 Å². The molecule has 0 saturated carbocycles. The van der Waals surface area contributed by atoms with E-state index in [9.17, 15) is 62.2 Å². The summed E-state index contributed by atoms with van der Waals surface area (Å²) in [4.78, 5) is 163. The van der Waals surface area contributed by atoms with E-state index >= 15 is 0 Å². The second-order valence-electron chi connectivity index (χ2n) is 32.3. The summed E-state index contributed by atoms with van der Waals surface area (Å²) >= 11 is 5.22. The largest absolute Gasteiger partial charge is 0.519 e. The molecule has 7 atom stereocenters. The number of phenolic OH excluding ortho intramolecular Hbond substituents is 1. The maximum Gasteiger partial charge on any atom is 0.373 e. The predicted molar refractivity (Wildman–Crippen MR) is 512 cm³/mol. The molecule has 7 aromatic carbocycles. The van der Waals surface area contributed by atoms with Crippen molar-refractivity contribution in [2.24, 2.45) is 17.8 Å². The number of hydrogen-bond donors (Lipinski definition) is 9. The van der Waals surface area contributed by atoms with Crippen molar-refractivity contribution in [1.82, 2.24) is 10.6 Å². The molecule has 0 aliphatic carbocycles. The zero-order valence-corrected chi connectivity index (χ0v) is 79.4. The van der Waals surface area contributed by atoms with Crippen LogP contribution in [0.15, 0.2) is 103 Å². The van der Waals surface area contributed by atoms with Gasteiger partial charge in [0, 0.05) is 104 Å². The van der Waals surface area contributed by atoms with E-state index in [2.05, 4.69) is 61.9 Å². The SMILES string of the molecule is CC(=O)OCC1OC(NC(=O)Nc2ccc3c(c2)NC(=O)CCC3)C(OC(C)=O)C(C)C1OC(C)=O.CCOC(=O)CNC(=S)Nc1cc2c(cc1OC)N(CC#N)C(=O)CCC2.O=C=O.[C-]#[N+]c1cc2c(cc1O)NC(=O)CCC2.[C-]#[N+]c1cc2c(cc1OC)N(Cc1cccc(F)c1)C(=O)C(C)CC2.[C-]#[N+]c1cc2c(cc1OC)NC(=O)C(C)CC2.[C-]#[N+]c1cc2c(cc1OC)NC(=O)CCC2. The molecule has 0 bridgehead atoms. The maximum absolute atomic E-state index is 13.5. The number of urea groups is 1. The van der Waals surface area contributed by atoms with E-state index in [1.54, 1.807) is 91.5 Å². The number of halogens is 1. The van der Waals surface area contributed by atoms with Gasteiger partial charge in [0.15, 0.2) is 17.4 Å². The molecule has 0 spiro atoms. The Balaban J connectivity index is 0.000000208. The lowest BCUT2D eigenvalue weighted by Crippen LogP contribution is -2.62. The Morgan fingerprint density at radius 3 is 1.60 bits per heavy atom. The third kappa shape index (κ3) is 31.2. The summed E-state index contributed by atoms with van der Waals surface area (Å²) in [6, 6.07) is 30.1. The van der Waals surface area contributed by atoms with E-state index in [0.29, 0.717) is 120 Å². The molecular weight excluding hydrogens is 1820 g/mol. The highest BCUT2D eigenvalue weighted by molar-refractivity contribution is 7.80. The minimum absolute atomic E-state index is 0.000580. The first-order chi connectivity index (χ1) is 66.6. The van der Waals surface area contributed by atoms with Crippen LogP contribution in [-0.4, -0.2) is 161 Å². The predicted octanol–water partition coefficient (Wildman–Crippen LogP) is 15.0. The number of carbonyl (C=O) groups is 11. The Kier molecular flexibility index (Phi) is 41.5. The molecule has 38 nitrogen and oxygen atoms in total. The van der Waals surface area contributed by atoms with E-state index < -0.39 is 60.4 Å². The molecule has 7 aliphatic rings. The van der Waals surface area contributed by atoms with Crippen LogP contribution in [0.3, 0.4) is 0 Å². The van der Waals surface area contributed by atoms with Gasteiger partial charge < -0.3 is 95.2 Å². The highest BCUT2D eigenvalue weighted by atomic mass is 32.1. The number of fused-ring (bicyclic) bond motifs is 6. The van der Waals surface area contributed by atoms with Crippen molar-refractivity contribution >= 4 is 157 Å². The average Bonchev–Trinajstić information content (AvgIpc) is 1.00. The van der Waals surface area contributed by atoms with Crippen molar-refractivity contribution in [3.8, 4) is 34.8 Å². The van der Waals surface area contributed by atoms with E-state index in [1.165, 1.54) is 72.3 Å². The van der Waals surface area contributed by atoms with Crippen molar-refractivity contribution in [2.75, 3.05) is 96.4 Å². The van der Waals surface area contributed by atoms with Gasteiger partial charge in [-0.15, -0.1) is 0 Å². The van der Waals surface area contributed by atoms with Gasteiger partial charge in [0.05, 0.1) is 85.3 Å². The van der Waals surface area contributed by atoms with E-state index in [4.69, 9.17) is 96.0 Å². The number of phenols is 1. The van der Waals surface area contributed by atoms with Crippen LogP contribution in [0.4, 0.5) is 77.4 Å². The first-order valence-corrected chi connectivity index (χ1v) is 44.6. The fourth-order valence-electron chi connectivity index (χ4n) is 15.7. The lowest BCUT2D eigenvalue weighted by Gasteiger charge is -2.44. The molecule has 7 unspecified atom stereocenters. The fraction of sp³-hybridized carbons (Fsp3) is 0.394. The molecular formula is C99H108FN15O23S. The van der Waals surface area contributed by atoms with Crippen molar-refractivity contribution < 1.29 is 114 Å². The lowest BCUT2D eigenvalue weighted by molar-refractivity contribution is -0.232. The summed E-state index contributed by atoms with van der Waals surface area (Å²) in [6.45, 7) is 39.5. The molecule has 7 aromatic rings. The average molecular weight is 1930 g/mol. The molecule has 40 heteroatoms. The third-order valence-corrected chi connectivity index (χ3v) is 22.8. The molecule has 7 aliphatic heterocycles. The highest BCUT2D eigenvalue weighted by Crippen LogP contribution is 2.44. The molecule has 730 valence electrons. The Morgan fingerprint density at radius 1 is 0.561 bits per heavy atom. The minimum Gasteiger partial charge on any atom is -0.519 e. The number of esters is 4. The molecule has 0 radical (unpaired) electrons. The van der Waals surface area contributed by atoms with Crippen LogP contribution in [0.1, 0.15) is 152 Å². The van der Waals surface area contributed by atoms with Crippen LogP contribution in [0, 0.1) is 61.2 Å². The Hall–Kier alpha value is -16.1. The number of hydrogen-bond acceptors (Lipinski definition) is 25. The number of benzene rings is 7. The number of carbonyl (C=O) groups excluding carboxylic acids is 13. The summed E-state index contributed by atoms with van der Waals surface area (Å²) in [7, 11) is 6.07. The van der Waals surface area contributed by atoms with Crippen molar-refractivity contribution in [3.63, 3.8) is 0 Å². The number of nitrogens with one attached hydrogen (secondary N) is 8. The standard InChI is InChI=1S/C24H31N3O9.C20H19FN2O2.C18H22N4O4S.C13H14N2O2.C12H12N2O2.C11H10N2O2.CO2/c1-12-21(34-14(3)29)19(11-33-13(2)28)36-23(22(12)35-15(4)30)27-24(32)25-17-9-8-16-6-5-7-20(31)26-18(16)10-17;1-13-7-8-15-10-17(22-2)19(25-3)11-18(15)23(20(13)24)12-14-5-4-6-16(21)9-14;1-3-26-17(24)11-20-18(27)21-13-9-12-5-4-6-16(23)22(8-7-19)14(12)10-15(13)25-2;1-8-4-5-9-6-11(14-2)12(17-3)7-10(9)15-13(8)16;1-13-10-6-8-4-3-5-12(15)14-9(8)7-11(10)16-2;1-12-9-5-7-3-2-4-11(15)13-8(7)6-10(9)14;2-1-3/h8-10,12,19,21-23H,5-7,11H2,1-4H3,(H,26,31)(H2,25,27,32);4-6,9-11,13H,7-8,12H2,1,3H3;9-10H,3-6,8,11H2,1-2H3,(H2,20,21,27);6-8H,4-5H2,1,3H3,(H,15,16);6-7H,3-5H2,2H3,(H,14,15);5-6,14H,2-4H2,(H,13,15);. The number of ether oxygens (including phenoxy) is 9. The number of thiocarbonyl (C=S) groups is 1. The Morgan fingerprint density at radius 2 is 1.05 bits per heavy atom. The van der Waals surface area contributed by atoms with Gasteiger partial charge in [-0.1, -0.05) is 39.0 Å². The smallest absolute Gasteiger partial charge is 0.373 e. The minimum atomic E-state index is -1.14. The number of nitriles is 1. The van der Waals surface area contributed by atoms with Crippen LogP contribution in [-0.2, 0) is 126 Å². The van der Waals surface area contributed by atoms with Gasteiger partial charge in [-0.2, -0.15) is 14.9 Å². The second kappa shape index (κ2) is 53.3. The molecule has 1 saturated heterocycles. The summed E-state index contributed by atoms with van der Waals surface area (Å²) in [6.07, 6.45) is 7.23. The Bertz CT molecular complexity index is 6010. The van der Waals surface area contributed by atoms with Crippen LogP contribution in [0.2, 0.25) is 0 Å². The van der Waals surface area contributed by atoms with E-state index in [0.717, 1.165) is 114 Å². The molecule has 14 rings (SSSR count). The monoisotopic (exact) mass is 1930 g/mol. The maximum atomic E-state index is 13.5. The van der Waals surface area contributed by atoms with Crippen LogP contribution in [0.5, 0.6) is 28.7 Å². The van der Waals surface area contributed by atoms with Gasteiger partial charge in [0.2, 0.25) is 58.2 Å². The van der Waals surface area contributed by atoms with Gasteiger partial charge >= 0.3 is 36.1 Å². The second-order valence-corrected chi connectivity index (χ2v) is 32.7. The summed E-state index contributed by atoms with van der Waals surface area (Å²) in [5.41, 5.74) is 13.4. The number of rotatable bonds is 17. The van der Waals surface area contributed by atoms with Crippen LogP contribution >= 0.6 is 12.2 Å². The molecule has 8 amide bonds. The number of amides is 8. The van der Waals surface area contributed by atoms with Crippen molar-refractivity contribution in [1.29, 1.82) is 5.26 Å². The number of aryl methyl sites for hydroxylation is 6. The summed E-state index contributed by atoms with van der Waals surface area (Å²) in [5.74, 6) is -1.54. The normalized spacial score (nSPS) is 17.7. The molecule has 7 heterocycles. The molecule has 139 heavy (non-hydrogen) atoms. The molecule has 9 N–H and O–H groups in total. The van der Waals surface area contributed by atoms with E-state index in [-0.39, 0.29) is 102 Å². The molecule has 0 aromatic heterocycles. The first-order valence-electron chi connectivity index (χ1n) is 44.2. The van der Waals surface area contributed by atoms with E-state index in [1.807, 2.05) is 32.0 Å². The van der Waals surface area contributed by atoms with Crippen molar-refractivity contribution in [3.05, 3.63) is 194 Å². The van der Waals surface area contributed by atoms with Gasteiger partial charge in [-0.05, 0) is 214 Å². The summed E-state index contributed by atoms with van der Waals surface area (Å²) in [5, 5.41) is 41.1. The molecule has 1 fully saturated rings. The van der Waals surface area contributed by atoms with Crippen LogP contribution in [0.25, 0.3) is 19.4 Å². The van der Waals surface area contributed by atoms with Crippen molar-refractivity contribution in [2.45, 2.75) is 182 Å². The number of nitrogens with zero attached hydrogens (tertiary/aromatic N) is 7. The van der Waals surface area contributed by atoms with Gasteiger partial charge in [-0.25, -0.2) is 28.6 Å². The summed E-state index contributed by atoms with van der Waals surface area (Å²) < 4.78 is 61.1. The van der Waals surface area contributed by atoms with Gasteiger partial charge in [-0.3, -0.25) is 52.8 Å². The topological polar surface area (TPSA) is 469 Å². The lowest BCUT2D eigenvalue weighted by atomic mass is 9.89. The first kappa shape index (κ1) is 108. The third-order valence-electron chi connectivity index (χ3n) is 22.6. The zero-order valence-electron chi connectivity index (χ0n) is 78.6. The zero-order chi connectivity index (χ0) is 102. The van der Waals surface area contributed by atoms with Gasteiger partial charge in [0.25, 0.3) is 0 Å². The number of anilines is 8.